The zero-order valence-corrected chi connectivity index (χ0v) is 13.0. The average Bonchev–Trinajstić information content (AvgIpc) is 2.46. The molecule has 106 valence electrons. The molecule has 1 aromatic carbocycles. The number of nitrogens with one attached hydrogen (secondary N) is 1. The Morgan fingerprint density at radius 1 is 1.35 bits per heavy atom. The third kappa shape index (κ3) is 2.90. The molecule has 0 aliphatic carbocycles. The molecule has 3 nitrogen and oxygen atoms in total. The Hall–Kier alpha value is -1.68. The van der Waals surface area contributed by atoms with Crippen LogP contribution in [-0.4, -0.2) is 16.0 Å². The van der Waals surface area contributed by atoms with Gasteiger partial charge in [0.2, 0.25) is 0 Å². The smallest absolute Gasteiger partial charge is 0.107 e. The largest absolute Gasteiger partial charge is 0.389 e. The molecule has 0 saturated carbocycles. The molecule has 20 heavy (non-hydrogen) atoms. The number of hydrogen-bond donors (Lipinski definition) is 2. The molecule has 0 aliphatic rings. The number of nitrogens with zero attached hydrogens (tertiary/aromatic N) is 1. The highest BCUT2D eigenvalue weighted by atomic mass is 32.1. The first-order valence-corrected chi connectivity index (χ1v) is 7.39. The lowest BCUT2D eigenvalue weighted by Crippen LogP contribution is -2.25. The second-order valence-corrected chi connectivity index (χ2v) is 5.69. The Kier molecular flexibility index (Phi) is 4.55. The van der Waals surface area contributed by atoms with Gasteiger partial charge in [-0.15, -0.1) is 0 Å². The van der Waals surface area contributed by atoms with E-state index in [1.54, 1.807) is 6.20 Å². The van der Waals surface area contributed by atoms with Crippen LogP contribution in [0.4, 0.5) is 5.69 Å². The Labute approximate surface area is 125 Å². The maximum Gasteiger partial charge on any atom is 0.107 e. The van der Waals surface area contributed by atoms with Gasteiger partial charge in [-0.1, -0.05) is 50.7 Å². The van der Waals surface area contributed by atoms with Crippen molar-refractivity contribution in [2.45, 2.75) is 33.2 Å². The molecule has 2 unspecified atom stereocenters. The number of fused-ring (bicyclic) bond motifs is 1. The number of nitrogens with two attached hydrogens (primary N) is 1. The second kappa shape index (κ2) is 6.18. The number of benzene rings is 1. The summed E-state index contributed by atoms with van der Waals surface area (Å²) in [6.45, 7) is 6.62. The summed E-state index contributed by atoms with van der Waals surface area (Å²) in [5.41, 5.74) is 8.60. The molecule has 0 aliphatic heterocycles. The van der Waals surface area contributed by atoms with E-state index in [0.29, 0.717) is 16.9 Å². The monoisotopic (exact) mass is 287 g/mol. The third-order valence-corrected chi connectivity index (χ3v) is 4.13. The zero-order valence-electron chi connectivity index (χ0n) is 12.2. The molecule has 0 saturated heterocycles. The van der Waals surface area contributed by atoms with Gasteiger partial charge in [0.1, 0.15) is 4.99 Å². The quantitative estimate of drug-likeness (QED) is 0.823. The van der Waals surface area contributed by atoms with Gasteiger partial charge in [0.25, 0.3) is 0 Å². The topological polar surface area (TPSA) is 50.9 Å². The highest BCUT2D eigenvalue weighted by molar-refractivity contribution is 7.80. The lowest BCUT2D eigenvalue weighted by atomic mass is 9.99. The summed E-state index contributed by atoms with van der Waals surface area (Å²) in [6.07, 6.45) is 2.88. The summed E-state index contributed by atoms with van der Waals surface area (Å²) in [7, 11) is 0. The van der Waals surface area contributed by atoms with Crippen molar-refractivity contribution in [3.63, 3.8) is 0 Å². The van der Waals surface area contributed by atoms with Crippen molar-refractivity contribution in [3.05, 3.63) is 36.0 Å². The molecule has 3 N–H and O–H groups in total. The van der Waals surface area contributed by atoms with Crippen LogP contribution in [0.15, 0.2) is 30.5 Å². The van der Waals surface area contributed by atoms with Crippen LogP contribution in [0.1, 0.15) is 32.8 Å². The number of anilines is 1. The molecule has 4 heteroatoms. The molecular weight excluding hydrogens is 266 g/mol. The minimum absolute atomic E-state index is 0.346. The van der Waals surface area contributed by atoms with E-state index in [-0.39, 0.29) is 0 Å². The highest BCUT2D eigenvalue weighted by Gasteiger charge is 2.16. The van der Waals surface area contributed by atoms with E-state index in [4.69, 9.17) is 18.0 Å². The Balaban J connectivity index is 2.52. The third-order valence-electron chi connectivity index (χ3n) is 3.91. The van der Waals surface area contributed by atoms with Crippen molar-refractivity contribution in [1.29, 1.82) is 0 Å². The van der Waals surface area contributed by atoms with Crippen LogP contribution in [0.3, 0.4) is 0 Å². The van der Waals surface area contributed by atoms with Crippen LogP contribution in [0, 0.1) is 5.92 Å². The van der Waals surface area contributed by atoms with Gasteiger partial charge < -0.3 is 11.1 Å². The number of para-hydroxylation sites is 1. The van der Waals surface area contributed by atoms with Gasteiger partial charge in [-0.05, 0) is 18.9 Å². The van der Waals surface area contributed by atoms with Crippen LogP contribution in [0.2, 0.25) is 0 Å². The van der Waals surface area contributed by atoms with Gasteiger partial charge in [-0.3, -0.25) is 4.98 Å². The maximum absolute atomic E-state index is 5.84. The van der Waals surface area contributed by atoms with Crippen LogP contribution in [-0.2, 0) is 0 Å². The molecule has 0 fully saturated rings. The normalized spacial score (nSPS) is 13.9. The van der Waals surface area contributed by atoms with Gasteiger partial charge in [0.05, 0.1) is 16.8 Å². The molecule has 2 aromatic rings. The summed E-state index contributed by atoms with van der Waals surface area (Å²) in [6, 6.07) is 8.39. The molecule has 0 spiro atoms. The first kappa shape index (κ1) is 14.7. The molecule has 2 atom stereocenters. The molecule has 1 heterocycles. The van der Waals surface area contributed by atoms with Gasteiger partial charge in [0.15, 0.2) is 0 Å². The highest BCUT2D eigenvalue weighted by Crippen LogP contribution is 2.27. The minimum atomic E-state index is 0.346. The van der Waals surface area contributed by atoms with Crippen LogP contribution >= 0.6 is 12.2 Å². The summed E-state index contributed by atoms with van der Waals surface area (Å²) >= 11 is 5.16. The standard InChI is InChI=1S/C16H21N3S/c1-4-10(2)11(3)19-15-12-7-5-6-8-14(12)18-9-13(15)16(17)20/h5-11H,4H2,1-3H3,(H2,17,20)(H,18,19). The molecule has 2 rings (SSSR count). The second-order valence-electron chi connectivity index (χ2n) is 5.25. The first-order chi connectivity index (χ1) is 9.54. The fourth-order valence-electron chi connectivity index (χ4n) is 2.21. The fraction of sp³-hybridized carbons (Fsp3) is 0.375. The van der Waals surface area contributed by atoms with Gasteiger partial charge in [-0.25, -0.2) is 0 Å². The van der Waals surface area contributed by atoms with Crippen molar-refractivity contribution in [2.75, 3.05) is 5.32 Å². The Bertz CT molecular complexity index is 624. The zero-order chi connectivity index (χ0) is 14.7. The summed E-state index contributed by atoms with van der Waals surface area (Å²) < 4.78 is 0. The van der Waals surface area contributed by atoms with E-state index < -0.39 is 0 Å². The van der Waals surface area contributed by atoms with Gasteiger partial charge in [0, 0.05) is 17.6 Å². The molecule has 0 amide bonds. The van der Waals surface area contributed by atoms with Gasteiger partial charge in [-0.2, -0.15) is 0 Å². The lowest BCUT2D eigenvalue weighted by Gasteiger charge is -2.23. The van der Waals surface area contributed by atoms with Crippen molar-refractivity contribution < 1.29 is 0 Å². The summed E-state index contributed by atoms with van der Waals surface area (Å²) in [4.78, 5) is 4.80. The van der Waals surface area contributed by atoms with Crippen molar-refractivity contribution >= 4 is 33.8 Å². The van der Waals surface area contributed by atoms with Gasteiger partial charge >= 0.3 is 0 Å². The number of hydrogen-bond acceptors (Lipinski definition) is 3. The number of thiocarbonyl (C=S) groups is 1. The lowest BCUT2D eigenvalue weighted by molar-refractivity contribution is 0.495. The van der Waals surface area contributed by atoms with Crippen LogP contribution < -0.4 is 11.1 Å². The van der Waals surface area contributed by atoms with E-state index in [0.717, 1.165) is 28.6 Å². The van der Waals surface area contributed by atoms with E-state index >= 15 is 0 Å². The van der Waals surface area contributed by atoms with E-state index in [1.165, 1.54) is 0 Å². The van der Waals surface area contributed by atoms with Crippen molar-refractivity contribution in [3.8, 4) is 0 Å². The van der Waals surface area contributed by atoms with E-state index in [9.17, 15) is 0 Å². The Morgan fingerprint density at radius 3 is 2.70 bits per heavy atom. The molecule has 1 aromatic heterocycles. The molecule has 0 radical (unpaired) electrons. The van der Waals surface area contributed by atoms with Crippen LogP contribution in [0.5, 0.6) is 0 Å². The summed E-state index contributed by atoms with van der Waals surface area (Å²) in [5, 5.41) is 4.64. The number of aromatic nitrogens is 1. The van der Waals surface area contributed by atoms with Crippen molar-refractivity contribution in [2.24, 2.45) is 11.7 Å². The minimum Gasteiger partial charge on any atom is -0.389 e. The maximum atomic E-state index is 5.84. The summed E-state index contributed by atoms with van der Waals surface area (Å²) in [5.74, 6) is 0.570. The van der Waals surface area contributed by atoms with E-state index in [2.05, 4.69) is 37.1 Å². The predicted octanol–water partition coefficient (Wildman–Crippen LogP) is 3.72. The van der Waals surface area contributed by atoms with Crippen LogP contribution in [0.25, 0.3) is 10.9 Å². The van der Waals surface area contributed by atoms with Crippen molar-refractivity contribution in [1.82, 2.24) is 4.98 Å². The molecule has 0 bridgehead atoms. The predicted molar refractivity (Wildman–Crippen MR) is 90.2 cm³/mol. The van der Waals surface area contributed by atoms with E-state index in [1.807, 2.05) is 18.2 Å². The first-order valence-electron chi connectivity index (χ1n) is 6.98. The Morgan fingerprint density at radius 2 is 2.05 bits per heavy atom. The SMILES string of the molecule is CCC(C)C(C)Nc1c(C(N)=S)cnc2ccccc12. The molecular formula is C16H21N3S. The number of pyridine rings is 1. The number of rotatable bonds is 5. The average molecular weight is 287 g/mol. The fourth-order valence-corrected chi connectivity index (χ4v) is 2.36.